The molecule has 0 unspecified atom stereocenters. The maximum Gasteiger partial charge on any atom is 0.252 e. The molecule has 2 aromatic rings. The monoisotopic (exact) mass is 361 g/mol. The number of carbonyl (C=O) groups is 1. The highest BCUT2D eigenvalue weighted by molar-refractivity contribution is 5.93. The number of benzene rings is 1. The fourth-order valence-electron chi connectivity index (χ4n) is 3.41. The van der Waals surface area contributed by atoms with Crippen LogP contribution in [0.15, 0.2) is 42.7 Å². The Morgan fingerprint density at radius 2 is 1.93 bits per heavy atom. The number of likely N-dealkylation sites (tertiary alicyclic amines) is 1. The van der Waals surface area contributed by atoms with Gasteiger partial charge in [0.05, 0.1) is 5.56 Å². The van der Waals surface area contributed by atoms with Crippen molar-refractivity contribution in [2.45, 2.75) is 26.7 Å². The van der Waals surface area contributed by atoms with Crippen LogP contribution in [0.25, 0.3) is 0 Å². The lowest BCUT2D eigenvalue weighted by Crippen LogP contribution is -2.39. The quantitative estimate of drug-likeness (QED) is 0.851. The molecule has 0 bridgehead atoms. The molecule has 1 saturated heterocycles. The second-order valence-electron chi connectivity index (χ2n) is 7.15. The third kappa shape index (κ3) is 5.42. The van der Waals surface area contributed by atoms with Gasteiger partial charge in [0.2, 0.25) is 0 Å². The Kier molecular flexibility index (Phi) is 6.62. The zero-order chi connectivity index (χ0) is 19.1. The van der Waals surface area contributed by atoms with Crippen LogP contribution in [0.5, 0.6) is 0 Å². The van der Waals surface area contributed by atoms with Crippen LogP contribution in [0, 0.1) is 31.6 Å². The highest BCUT2D eigenvalue weighted by atomic mass is 16.1. The highest BCUT2D eigenvalue weighted by Crippen LogP contribution is 2.17. The van der Waals surface area contributed by atoms with E-state index in [0.29, 0.717) is 18.0 Å². The maximum absolute atomic E-state index is 12.0. The molecule has 1 amide bonds. The van der Waals surface area contributed by atoms with Crippen molar-refractivity contribution in [3.05, 3.63) is 65.0 Å². The maximum atomic E-state index is 12.0. The van der Waals surface area contributed by atoms with Crippen LogP contribution in [-0.2, 0) is 0 Å². The first-order valence-corrected chi connectivity index (χ1v) is 9.62. The molecule has 1 fully saturated rings. The standard InChI is InChI=1S/C23H27N3O/c1-18-5-3-6-19(2)22(18)9-8-20-10-14-26(15-11-20)16-13-25-23(27)21-7-4-12-24-17-21/h3-7,12,17,20H,10-11,13-16H2,1-2H3,(H,25,27). The van der Waals surface area contributed by atoms with Crippen molar-refractivity contribution in [1.29, 1.82) is 0 Å². The summed E-state index contributed by atoms with van der Waals surface area (Å²) in [7, 11) is 0. The van der Waals surface area contributed by atoms with Crippen LogP contribution in [-0.4, -0.2) is 42.0 Å². The number of piperidine rings is 1. The number of pyridine rings is 1. The van der Waals surface area contributed by atoms with E-state index >= 15 is 0 Å². The van der Waals surface area contributed by atoms with Gasteiger partial charge >= 0.3 is 0 Å². The molecule has 27 heavy (non-hydrogen) atoms. The van der Waals surface area contributed by atoms with Crippen molar-refractivity contribution in [1.82, 2.24) is 15.2 Å². The molecule has 1 aliphatic heterocycles. The Morgan fingerprint density at radius 3 is 2.59 bits per heavy atom. The van der Waals surface area contributed by atoms with Crippen molar-refractivity contribution < 1.29 is 4.79 Å². The lowest BCUT2D eigenvalue weighted by molar-refractivity contribution is 0.0945. The van der Waals surface area contributed by atoms with E-state index in [9.17, 15) is 4.79 Å². The number of rotatable bonds is 4. The van der Waals surface area contributed by atoms with Crippen LogP contribution in [0.3, 0.4) is 0 Å². The second-order valence-corrected chi connectivity index (χ2v) is 7.15. The molecule has 2 heterocycles. The molecule has 0 saturated carbocycles. The number of hydrogen-bond donors (Lipinski definition) is 1. The van der Waals surface area contributed by atoms with Crippen molar-refractivity contribution in [3.8, 4) is 11.8 Å². The van der Waals surface area contributed by atoms with Gasteiger partial charge in [-0.05, 0) is 63.0 Å². The van der Waals surface area contributed by atoms with Gasteiger partial charge in [0.15, 0.2) is 0 Å². The van der Waals surface area contributed by atoms with E-state index in [-0.39, 0.29) is 5.91 Å². The fraction of sp³-hybridized carbons (Fsp3) is 0.391. The second kappa shape index (κ2) is 9.34. The Balaban J connectivity index is 1.42. The number of amides is 1. The van der Waals surface area contributed by atoms with E-state index in [2.05, 4.69) is 59.1 Å². The first kappa shape index (κ1) is 19.1. The van der Waals surface area contributed by atoms with E-state index in [0.717, 1.165) is 32.5 Å². The minimum Gasteiger partial charge on any atom is -0.351 e. The Bertz CT molecular complexity index is 807. The Labute approximate surface area is 162 Å². The number of carbonyl (C=O) groups excluding carboxylic acids is 1. The number of aryl methyl sites for hydroxylation is 2. The summed E-state index contributed by atoms with van der Waals surface area (Å²) in [6.07, 6.45) is 5.45. The zero-order valence-corrected chi connectivity index (χ0v) is 16.2. The molecule has 1 aliphatic rings. The first-order valence-electron chi connectivity index (χ1n) is 9.62. The summed E-state index contributed by atoms with van der Waals surface area (Å²) in [5, 5.41) is 2.97. The van der Waals surface area contributed by atoms with Gasteiger partial charge < -0.3 is 10.2 Å². The molecule has 140 valence electrons. The van der Waals surface area contributed by atoms with Gasteiger partial charge in [-0.3, -0.25) is 9.78 Å². The molecule has 1 aromatic heterocycles. The van der Waals surface area contributed by atoms with Crippen LogP contribution in [0.1, 0.15) is 39.9 Å². The van der Waals surface area contributed by atoms with E-state index < -0.39 is 0 Å². The number of nitrogens with zero attached hydrogens (tertiary/aromatic N) is 2. The third-order valence-corrected chi connectivity index (χ3v) is 5.11. The van der Waals surface area contributed by atoms with E-state index in [1.807, 2.05) is 0 Å². The van der Waals surface area contributed by atoms with Gasteiger partial charge in [0, 0.05) is 37.0 Å². The smallest absolute Gasteiger partial charge is 0.252 e. The summed E-state index contributed by atoms with van der Waals surface area (Å²) in [6.45, 7) is 7.86. The Hall–Kier alpha value is -2.64. The highest BCUT2D eigenvalue weighted by Gasteiger charge is 2.17. The molecule has 1 N–H and O–H groups in total. The third-order valence-electron chi connectivity index (χ3n) is 5.11. The summed E-state index contributed by atoms with van der Waals surface area (Å²) in [5.41, 5.74) is 4.30. The molecule has 0 aliphatic carbocycles. The van der Waals surface area contributed by atoms with Crippen LogP contribution in [0.2, 0.25) is 0 Å². The molecule has 0 radical (unpaired) electrons. The molecule has 0 atom stereocenters. The van der Waals surface area contributed by atoms with E-state index in [1.165, 1.54) is 16.7 Å². The van der Waals surface area contributed by atoms with Crippen molar-refractivity contribution in [2.75, 3.05) is 26.2 Å². The number of aromatic nitrogens is 1. The summed E-state index contributed by atoms with van der Waals surface area (Å²) in [5.74, 6) is 7.30. The van der Waals surface area contributed by atoms with Crippen molar-refractivity contribution in [2.24, 2.45) is 5.92 Å². The molecule has 4 heteroatoms. The van der Waals surface area contributed by atoms with Gasteiger partial charge in [-0.15, -0.1) is 0 Å². The van der Waals surface area contributed by atoms with Gasteiger partial charge in [-0.2, -0.15) is 0 Å². The minimum atomic E-state index is -0.0579. The predicted molar refractivity (Wildman–Crippen MR) is 109 cm³/mol. The molecule has 0 spiro atoms. The van der Waals surface area contributed by atoms with Crippen molar-refractivity contribution >= 4 is 5.91 Å². The molecule has 3 rings (SSSR count). The normalized spacial score (nSPS) is 15.0. The largest absolute Gasteiger partial charge is 0.351 e. The summed E-state index contributed by atoms with van der Waals surface area (Å²) >= 11 is 0. The average Bonchev–Trinajstić information content (AvgIpc) is 2.69. The minimum absolute atomic E-state index is 0.0579. The topological polar surface area (TPSA) is 45.2 Å². The SMILES string of the molecule is Cc1cccc(C)c1C#CC1CCN(CCNC(=O)c2cccnc2)CC1. The molecule has 1 aromatic carbocycles. The lowest BCUT2D eigenvalue weighted by Gasteiger charge is -2.29. The van der Waals surface area contributed by atoms with Gasteiger partial charge in [0.25, 0.3) is 5.91 Å². The fourth-order valence-corrected chi connectivity index (χ4v) is 3.41. The van der Waals surface area contributed by atoms with Crippen LogP contribution >= 0.6 is 0 Å². The summed E-state index contributed by atoms with van der Waals surface area (Å²) in [4.78, 5) is 18.4. The molecular weight excluding hydrogens is 334 g/mol. The summed E-state index contributed by atoms with van der Waals surface area (Å²) < 4.78 is 0. The van der Waals surface area contributed by atoms with E-state index in [4.69, 9.17) is 0 Å². The van der Waals surface area contributed by atoms with Crippen LogP contribution < -0.4 is 5.32 Å². The number of hydrogen-bond acceptors (Lipinski definition) is 3. The number of nitrogens with one attached hydrogen (secondary N) is 1. The van der Waals surface area contributed by atoms with Crippen molar-refractivity contribution in [3.63, 3.8) is 0 Å². The first-order chi connectivity index (χ1) is 13.1. The zero-order valence-electron chi connectivity index (χ0n) is 16.2. The predicted octanol–water partition coefficient (Wildman–Crippen LogP) is 3.19. The Morgan fingerprint density at radius 1 is 1.19 bits per heavy atom. The van der Waals surface area contributed by atoms with Crippen LogP contribution in [0.4, 0.5) is 0 Å². The summed E-state index contributed by atoms with van der Waals surface area (Å²) in [6, 6.07) is 9.89. The molecular formula is C23H27N3O. The lowest BCUT2D eigenvalue weighted by atomic mass is 9.96. The van der Waals surface area contributed by atoms with Gasteiger partial charge in [-0.1, -0.05) is 30.0 Å². The average molecular weight is 361 g/mol. The van der Waals surface area contributed by atoms with Gasteiger partial charge in [-0.25, -0.2) is 0 Å². The van der Waals surface area contributed by atoms with E-state index in [1.54, 1.807) is 24.5 Å². The van der Waals surface area contributed by atoms with Gasteiger partial charge in [0.1, 0.15) is 0 Å². The molecule has 4 nitrogen and oxygen atoms in total.